The number of carbonyl (C=O) groups excluding carboxylic acids is 2. The third-order valence-corrected chi connectivity index (χ3v) is 5.91. The highest BCUT2D eigenvalue weighted by Gasteiger charge is 2.42. The van der Waals surface area contributed by atoms with Crippen LogP contribution >= 0.6 is 0 Å². The van der Waals surface area contributed by atoms with Gasteiger partial charge in [0, 0.05) is 32.0 Å². The molecule has 0 radical (unpaired) electrons. The Labute approximate surface area is 182 Å². The summed E-state index contributed by atoms with van der Waals surface area (Å²) in [4.78, 5) is 29.8. The second kappa shape index (κ2) is 12.0. The lowest BCUT2D eigenvalue weighted by molar-refractivity contribution is -0.188. The van der Waals surface area contributed by atoms with Gasteiger partial charge in [-0.3, -0.25) is 9.69 Å². The van der Waals surface area contributed by atoms with Gasteiger partial charge in [-0.15, -0.1) is 0 Å². The van der Waals surface area contributed by atoms with Gasteiger partial charge in [-0.25, -0.2) is 4.79 Å². The number of nitrogens with one attached hydrogen (secondary N) is 2. The lowest BCUT2D eigenvalue weighted by Crippen LogP contribution is -2.50. The van der Waals surface area contributed by atoms with Gasteiger partial charge in [-0.05, 0) is 66.7 Å². The molecule has 2 N–H and O–H groups in total. The number of carbonyl (C=O) groups is 2. The largest absolute Gasteiger partial charge is 0.348 e. The molecule has 1 saturated carbocycles. The molecule has 1 spiro atoms. The molecular weight excluding hydrogens is 384 g/mol. The van der Waals surface area contributed by atoms with E-state index in [-0.39, 0.29) is 23.9 Å². The Bertz CT molecular complexity index is 549. The first-order valence-electron chi connectivity index (χ1n) is 11.5. The second-order valence-electron chi connectivity index (χ2n) is 9.31. The average Bonchev–Trinajstić information content (AvgIpc) is 3.11. The van der Waals surface area contributed by atoms with E-state index in [0.717, 1.165) is 45.1 Å². The smallest absolute Gasteiger partial charge is 0.324 e. The van der Waals surface area contributed by atoms with Crippen molar-refractivity contribution < 1.29 is 19.1 Å². The summed E-state index contributed by atoms with van der Waals surface area (Å²) in [6.45, 7) is 6.94. The van der Waals surface area contributed by atoms with E-state index in [9.17, 15) is 9.59 Å². The lowest BCUT2D eigenvalue weighted by atomic mass is 9.79. The Morgan fingerprint density at radius 2 is 1.87 bits per heavy atom. The molecule has 1 heterocycles. The molecule has 30 heavy (non-hydrogen) atoms. The van der Waals surface area contributed by atoms with Gasteiger partial charge in [0.15, 0.2) is 5.79 Å². The first kappa shape index (κ1) is 25.0. The van der Waals surface area contributed by atoms with E-state index in [4.69, 9.17) is 9.47 Å². The zero-order valence-electron chi connectivity index (χ0n) is 19.5. The fourth-order valence-electron chi connectivity index (χ4n) is 4.59. The van der Waals surface area contributed by atoms with Crippen LogP contribution in [0.2, 0.25) is 0 Å². The molecule has 1 aliphatic heterocycles. The molecular formula is C22H42N4O4. The van der Waals surface area contributed by atoms with Crippen LogP contribution in [0.4, 0.5) is 4.79 Å². The van der Waals surface area contributed by atoms with Gasteiger partial charge in [0.2, 0.25) is 5.91 Å². The number of hydrogen-bond acceptors (Lipinski definition) is 6. The summed E-state index contributed by atoms with van der Waals surface area (Å²) >= 11 is 0. The van der Waals surface area contributed by atoms with E-state index in [1.54, 1.807) is 0 Å². The lowest BCUT2D eigenvalue weighted by Gasteiger charge is -2.37. The molecule has 0 aromatic carbocycles. The van der Waals surface area contributed by atoms with Crippen LogP contribution in [0.3, 0.4) is 0 Å². The standard InChI is InChI=1S/C22H42N4O4/c1-17(2)24-21(28)26(11-7-10-25(4)5)20(27)19(16-23-3)14-18-8-6-9-22(15-18)29-12-13-30-22/h17-19,23H,6-16H2,1-5H3,(H,24,28)/t18-,19-/m1/s1. The van der Waals surface area contributed by atoms with Gasteiger partial charge in [-0.2, -0.15) is 0 Å². The van der Waals surface area contributed by atoms with E-state index in [1.165, 1.54) is 4.90 Å². The molecule has 2 atom stereocenters. The summed E-state index contributed by atoms with van der Waals surface area (Å²) < 4.78 is 11.8. The number of ether oxygens (including phenoxy) is 2. The molecule has 0 unspecified atom stereocenters. The maximum absolute atomic E-state index is 13.5. The van der Waals surface area contributed by atoms with E-state index >= 15 is 0 Å². The van der Waals surface area contributed by atoms with Crippen molar-refractivity contribution in [3.8, 4) is 0 Å². The molecule has 174 valence electrons. The van der Waals surface area contributed by atoms with Crippen LogP contribution in [0.5, 0.6) is 0 Å². The molecule has 0 aromatic rings. The van der Waals surface area contributed by atoms with Crippen molar-refractivity contribution in [1.29, 1.82) is 0 Å². The average molecular weight is 427 g/mol. The minimum atomic E-state index is -0.448. The Morgan fingerprint density at radius 3 is 2.47 bits per heavy atom. The fraction of sp³-hybridized carbons (Fsp3) is 0.909. The summed E-state index contributed by atoms with van der Waals surface area (Å²) in [5, 5.41) is 6.05. The van der Waals surface area contributed by atoms with Gasteiger partial charge >= 0.3 is 6.03 Å². The first-order valence-corrected chi connectivity index (χ1v) is 11.5. The van der Waals surface area contributed by atoms with Crippen LogP contribution in [0, 0.1) is 11.8 Å². The van der Waals surface area contributed by atoms with Crippen molar-refractivity contribution in [3.63, 3.8) is 0 Å². The van der Waals surface area contributed by atoms with E-state index in [2.05, 4.69) is 15.5 Å². The van der Waals surface area contributed by atoms with Crippen molar-refractivity contribution in [2.24, 2.45) is 11.8 Å². The molecule has 0 bridgehead atoms. The molecule has 8 heteroatoms. The Morgan fingerprint density at radius 1 is 1.17 bits per heavy atom. The van der Waals surface area contributed by atoms with Crippen molar-refractivity contribution in [2.45, 2.75) is 64.2 Å². The van der Waals surface area contributed by atoms with Gasteiger partial charge in [-0.1, -0.05) is 6.42 Å². The third kappa shape index (κ3) is 7.48. The third-order valence-electron chi connectivity index (χ3n) is 5.91. The molecule has 3 amide bonds. The van der Waals surface area contributed by atoms with Crippen LogP contribution in [0.25, 0.3) is 0 Å². The maximum Gasteiger partial charge on any atom is 0.324 e. The highest BCUT2D eigenvalue weighted by Crippen LogP contribution is 2.41. The predicted molar refractivity (Wildman–Crippen MR) is 117 cm³/mol. The van der Waals surface area contributed by atoms with Crippen LogP contribution in [0.1, 0.15) is 52.4 Å². The summed E-state index contributed by atoms with van der Waals surface area (Å²) in [6, 6.07) is -0.309. The molecule has 8 nitrogen and oxygen atoms in total. The Balaban J connectivity index is 2.06. The number of nitrogens with zero attached hydrogens (tertiary/aromatic N) is 2. The normalized spacial score (nSPS) is 21.9. The molecule has 2 rings (SSSR count). The van der Waals surface area contributed by atoms with Gasteiger partial charge in [0.05, 0.1) is 19.1 Å². The number of hydrogen-bond donors (Lipinski definition) is 2. The minimum Gasteiger partial charge on any atom is -0.348 e. The van der Waals surface area contributed by atoms with E-state index < -0.39 is 5.79 Å². The monoisotopic (exact) mass is 426 g/mol. The zero-order chi connectivity index (χ0) is 22.1. The first-order chi connectivity index (χ1) is 14.3. The number of rotatable bonds is 10. The summed E-state index contributed by atoms with van der Waals surface area (Å²) in [5.74, 6) is -0.421. The summed E-state index contributed by atoms with van der Waals surface area (Å²) in [5.41, 5.74) is 0. The Kier molecular flexibility index (Phi) is 10.0. The predicted octanol–water partition coefficient (Wildman–Crippen LogP) is 2.04. The van der Waals surface area contributed by atoms with Crippen LogP contribution in [-0.2, 0) is 14.3 Å². The molecule has 2 fully saturated rings. The van der Waals surface area contributed by atoms with E-state index in [1.807, 2.05) is 35.0 Å². The number of urea groups is 1. The van der Waals surface area contributed by atoms with E-state index in [0.29, 0.717) is 32.2 Å². The Hall–Kier alpha value is -1.22. The SMILES string of the molecule is CNC[C@@H](C[C@H]1CCCC2(C1)OCCO2)C(=O)N(CCCN(C)C)C(=O)NC(C)C. The highest BCUT2D eigenvalue weighted by molar-refractivity contribution is 5.95. The summed E-state index contributed by atoms with van der Waals surface area (Å²) in [6.07, 6.45) is 5.38. The van der Waals surface area contributed by atoms with Crippen molar-refractivity contribution in [3.05, 3.63) is 0 Å². The highest BCUT2D eigenvalue weighted by atomic mass is 16.7. The van der Waals surface area contributed by atoms with Crippen LogP contribution in [0.15, 0.2) is 0 Å². The maximum atomic E-state index is 13.5. The van der Waals surface area contributed by atoms with Crippen molar-refractivity contribution in [2.75, 3.05) is 54.0 Å². The number of amides is 3. The zero-order valence-corrected chi connectivity index (χ0v) is 19.5. The molecule has 1 saturated heterocycles. The van der Waals surface area contributed by atoms with Crippen molar-refractivity contribution in [1.82, 2.24) is 20.4 Å². The van der Waals surface area contributed by atoms with Crippen LogP contribution in [-0.4, -0.2) is 87.6 Å². The summed E-state index contributed by atoms with van der Waals surface area (Å²) in [7, 11) is 5.85. The minimum absolute atomic E-state index is 0.0146. The molecule has 2 aliphatic rings. The fourth-order valence-corrected chi connectivity index (χ4v) is 4.59. The van der Waals surface area contributed by atoms with Crippen LogP contribution < -0.4 is 10.6 Å². The topological polar surface area (TPSA) is 83.1 Å². The quantitative estimate of drug-likeness (QED) is 0.556. The van der Waals surface area contributed by atoms with Gasteiger partial charge < -0.3 is 25.0 Å². The number of imide groups is 1. The van der Waals surface area contributed by atoms with Gasteiger partial charge in [0.25, 0.3) is 0 Å². The van der Waals surface area contributed by atoms with Gasteiger partial charge in [0.1, 0.15) is 0 Å². The molecule has 1 aliphatic carbocycles. The second-order valence-corrected chi connectivity index (χ2v) is 9.31. The van der Waals surface area contributed by atoms with Crippen molar-refractivity contribution >= 4 is 11.9 Å². The molecule has 0 aromatic heterocycles.